The number of likely N-dealkylation sites (tertiary alicyclic amines) is 1. The van der Waals surface area contributed by atoms with Gasteiger partial charge < -0.3 is 24.6 Å². The van der Waals surface area contributed by atoms with Crippen LogP contribution in [-0.4, -0.2) is 60.0 Å². The van der Waals surface area contributed by atoms with Gasteiger partial charge in [0.05, 0.1) is 14.0 Å². The average molecular weight is 413 g/mol. The van der Waals surface area contributed by atoms with Crippen molar-refractivity contribution in [3.8, 4) is 11.5 Å². The smallest absolute Gasteiger partial charge is 0.242 e. The highest BCUT2D eigenvalue weighted by Crippen LogP contribution is 2.34. The highest BCUT2D eigenvalue weighted by Gasteiger charge is 2.35. The number of hydrogen-bond acceptors (Lipinski definition) is 6. The summed E-state index contributed by atoms with van der Waals surface area (Å²) in [7, 11) is 0. The predicted molar refractivity (Wildman–Crippen MR) is 111 cm³/mol. The maximum atomic E-state index is 13.4. The van der Waals surface area contributed by atoms with Gasteiger partial charge in [0.15, 0.2) is 11.5 Å². The molecule has 1 amide bonds. The van der Waals surface area contributed by atoms with Crippen molar-refractivity contribution in [2.45, 2.75) is 31.0 Å². The molecular weight excluding hydrogens is 384 g/mol. The molecule has 1 saturated heterocycles. The lowest BCUT2D eigenvalue weighted by Gasteiger charge is -2.31. The van der Waals surface area contributed by atoms with Gasteiger partial charge in [0, 0.05) is 13.1 Å². The summed E-state index contributed by atoms with van der Waals surface area (Å²) < 4.78 is 20.0. The minimum atomic E-state index is -2.29. The van der Waals surface area contributed by atoms with Crippen molar-refractivity contribution in [2.24, 2.45) is 0 Å². The average Bonchev–Trinajstić information content (AvgIpc) is 3.34. The fourth-order valence-electron chi connectivity index (χ4n) is 3.90. The first kappa shape index (κ1) is 19.4. The van der Waals surface area contributed by atoms with E-state index >= 15 is 0 Å². The van der Waals surface area contributed by atoms with Crippen LogP contribution in [-0.2, 0) is 4.79 Å². The number of aliphatic hydroxyl groups is 2. The summed E-state index contributed by atoms with van der Waals surface area (Å²) in [6.45, 7) is 1.70. The van der Waals surface area contributed by atoms with Crippen LogP contribution in [0.4, 0.5) is 0 Å². The van der Waals surface area contributed by atoms with E-state index in [9.17, 15) is 15.0 Å². The Bertz CT molecular complexity index is 902. The van der Waals surface area contributed by atoms with Gasteiger partial charge >= 0.3 is 0 Å². The molecule has 7 nitrogen and oxygen atoms in total. The number of benzene rings is 2. The molecule has 0 radical (unpaired) electrons. The van der Waals surface area contributed by atoms with Crippen LogP contribution in [0.3, 0.4) is 0 Å². The van der Waals surface area contributed by atoms with Gasteiger partial charge in [0.2, 0.25) is 5.91 Å². The van der Waals surface area contributed by atoms with Gasteiger partial charge in [-0.2, -0.15) is 0 Å². The molecule has 7 heteroatoms. The number of carbonyl (C=O) groups excluding carboxylic acids is 1. The Morgan fingerprint density at radius 2 is 1.77 bits per heavy atom. The monoisotopic (exact) mass is 413 g/mol. The number of amides is 1. The van der Waals surface area contributed by atoms with E-state index in [1.807, 2.05) is 30.3 Å². The number of fused-ring (bicyclic) bond motifs is 1. The Morgan fingerprint density at radius 3 is 2.47 bits per heavy atom. The lowest BCUT2D eigenvalue weighted by atomic mass is 9.98. The summed E-state index contributed by atoms with van der Waals surface area (Å²) in [6, 6.07) is 12.1. The van der Waals surface area contributed by atoms with E-state index in [4.69, 9.17) is 10.8 Å². The minimum Gasteiger partial charge on any atom is -0.486 e. The van der Waals surface area contributed by atoms with Crippen LogP contribution >= 0.6 is 0 Å². The van der Waals surface area contributed by atoms with Crippen LogP contribution < -0.4 is 14.8 Å². The Kier molecular flexibility index (Phi) is 6.11. The summed E-state index contributed by atoms with van der Waals surface area (Å²) in [6.07, 6.45) is -0.514. The van der Waals surface area contributed by atoms with E-state index in [1.54, 1.807) is 23.1 Å². The molecule has 4 rings (SSSR count). The SMILES string of the molecule is [2H][C@@](O)(c1ccc2c(c1)OCCO2)[C@H](NC(CO)c1ccccc1)C(=O)N1CCCC1. The first-order valence-corrected chi connectivity index (χ1v) is 10.3. The van der Waals surface area contributed by atoms with Crippen molar-refractivity contribution in [2.75, 3.05) is 32.9 Å². The van der Waals surface area contributed by atoms with Crippen LogP contribution in [0.2, 0.25) is 0 Å². The number of rotatable bonds is 7. The van der Waals surface area contributed by atoms with Crippen molar-refractivity contribution in [1.29, 1.82) is 0 Å². The second-order valence-corrected chi connectivity index (χ2v) is 7.52. The fourth-order valence-corrected chi connectivity index (χ4v) is 3.90. The van der Waals surface area contributed by atoms with Crippen molar-refractivity contribution >= 4 is 5.91 Å². The molecule has 2 aliphatic rings. The molecule has 30 heavy (non-hydrogen) atoms. The number of hydrogen-bond donors (Lipinski definition) is 3. The van der Waals surface area contributed by atoms with Crippen molar-refractivity contribution in [1.82, 2.24) is 10.2 Å². The first-order valence-electron chi connectivity index (χ1n) is 10.8. The van der Waals surface area contributed by atoms with E-state index in [2.05, 4.69) is 5.32 Å². The zero-order chi connectivity index (χ0) is 21.8. The Hall–Kier alpha value is -2.61. The van der Waals surface area contributed by atoms with E-state index in [1.165, 1.54) is 0 Å². The molecule has 0 bridgehead atoms. The highest BCUT2D eigenvalue weighted by atomic mass is 16.6. The number of nitrogens with zero attached hydrogens (tertiary/aromatic N) is 1. The zero-order valence-electron chi connectivity index (χ0n) is 17.8. The molecule has 2 aliphatic heterocycles. The van der Waals surface area contributed by atoms with Gasteiger partial charge in [-0.15, -0.1) is 0 Å². The van der Waals surface area contributed by atoms with Gasteiger partial charge in [-0.05, 0) is 36.1 Å². The molecule has 3 atom stereocenters. The first-order chi connectivity index (χ1) is 15.0. The normalized spacial score (nSPS) is 20.2. The maximum Gasteiger partial charge on any atom is 0.242 e. The standard InChI is InChI=1S/C23H28N2O5/c26-15-18(16-6-2-1-3-7-16)24-21(23(28)25-10-4-5-11-25)22(27)17-8-9-19-20(14-17)30-13-12-29-19/h1-3,6-9,14,18,21-22,24,26-27H,4-5,10-13,15H2/t18?,21-,22+/m0/s1/i22D. The molecule has 2 aromatic carbocycles. The molecule has 0 saturated carbocycles. The van der Waals surface area contributed by atoms with Crippen molar-refractivity contribution in [3.63, 3.8) is 0 Å². The van der Waals surface area contributed by atoms with E-state index in [0.717, 1.165) is 18.4 Å². The third kappa shape index (κ3) is 4.43. The Balaban J connectivity index is 1.67. The molecule has 2 heterocycles. The van der Waals surface area contributed by atoms with Crippen LogP contribution in [0.5, 0.6) is 11.5 Å². The Labute approximate surface area is 177 Å². The molecule has 3 N–H and O–H groups in total. The van der Waals surface area contributed by atoms with Crippen LogP contribution in [0.15, 0.2) is 48.5 Å². The van der Waals surface area contributed by atoms with Gasteiger partial charge in [0.25, 0.3) is 0 Å². The van der Waals surface area contributed by atoms with Gasteiger partial charge in [-0.1, -0.05) is 36.4 Å². The number of aliphatic hydroxyl groups excluding tert-OH is 1. The maximum absolute atomic E-state index is 13.4. The third-order valence-corrected chi connectivity index (χ3v) is 5.53. The topological polar surface area (TPSA) is 91.3 Å². The van der Waals surface area contributed by atoms with Gasteiger partial charge in [-0.25, -0.2) is 0 Å². The summed E-state index contributed by atoms with van der Waals surface area (Å²) in [5.41, 5.74) is 0.980. The zero-order valence-corrected chi connectivity index (χ0v) is 16.8. The summed E-state index contributed by atoms with van der Waals surface area (Å²) >= 11 is 0. The largest absolute Gasteiger partial charge is 0.486 e. The van der Waals surface area contributed by atoms with E-state index in [0.29, 0.717) is 37.8 Å². The quantitative estimate of drug-likeness (QED) is 0.641. The molecular formula is C23H28N2O5. The van der Waals surface area contributed by atoms with E-state index in [-0.39, 0.29) is 18.1 Å². The molecule has 160 valence electrons. The van der Waals surface area contributed by atoms with E-state index < -0.39 is 18.2 Å². The number of nitrogens with one attached hydrogen (secondary N) is 1. The van der Waals surface area contributed by atoms with Crippen LogP contribution in [0.25, 0.3) is 0 Å². The number of carbonyl (C=O) groups is 1. The second-order valence-electron chi connectivity index (χ2n) is 7.52. The fraction of sp³-hybridized carbons (Fsp3) is 0.435. The molecule has 2 aromatic rings. The summed E-state index contributed by atoms with van der Waals surface area (Å²) in [4.78, 5) is 15.0. The van der Waals surface area contributed by atoms with Crippen LogP contribution in [0.1, 0.15) is 37.5 Å². The van der Waals surface area contributed by atoms with Crippen molar-refractivity contribution < 1.29 is 25.9 Å². The lowest BCUT2D eigenvalue weighted by Crippen LogP contribution is -2.50. The van der Waals surface area contributed by atoms with Crippen LogP contribution in [0, 0.1) is 0 Å². The summed E-state index contributed by atoms with van der Waals surface area (Å²) in [5.74, 6) is 0.613. The van der Waals surface area contributed by atoms with Gasteiger partial charge in [-0.3, -0.25) is 10.1 Å². The summed E-state index contributed by atoms with van der Waals surface area (Å²) in [5, 5.41) is 24.4. The molecule has 1 unspecified atom stereocenters. The van der Waals surface area contributed by atoms with Crippen molar-refractivity contribution in [3.05, 3.63) is 59.7 Å². The molecule has 0 aromatic heterocycles. The molecule has 0 aliphatic carbocycles. The highest BCUT2D eigenvalue weighted by molar-refractivity contribution is 5.83. The minimum absolute atomic E-state index is 0.214. The Morgan fingerprint density at radius 1 is 1.07 bits per heavy atom. The molecule has 0 spiro atoms. The molecule has 1 fully saturated rings. The number of ether oxygens (including phenoxy) is 2. The van der Waals surface area contributed by atoms with Gasteiger partial charge in [0.1, 0.15) is 25.3 Å². The third-order valence-electron chi connectivity index (χ3n) is 5.53. The predicted octanol–water partition coefficient (Wildman–Crippen LogP) is 1.81. The lowest BCUT2D eigenvalue weighted by molar-refractivity contribution is -0.135. The second kappa shape index (κ2) is 9.47.